The van der Waals surface area contributed by atoms with Crippen LogP contribution in [0.25, 0.3) is 0 Å². The van der Waals surface area contributed by atoms with E-state index in [1.54, 1.807) is 0 Å². The van der Waals surface area contributed by atoms with E-state index < -0.39 is 17.9 Å². The molecule has 86 valence electrons. The van der Waals surface area contributed by atoms with E-state index in [1.165, 1.54) is 25.1 Å². The lowest BCUT2D eigenvalue weighted by Crippen LogP contribution is -2.38. The van der Waals surface area contributed by atoms with Crippen molar-refractivity contribution in [3.63, 3.8) is 0 Å². The van der Waals surface area contributed by atoms with Gasteiger partial charge >= 0.3 is 5.97 Å². The molecule has 4 N–H and O–H groups in total. The first kappa shape index (κ1) is 12.3. The predicted molar refractivity (Wildman–Crippen MR) is 60.4 cm³/mol. The summed E-state index contributed by atoms with van der Waals surface area (Å²) in [6.45, 7) is 1.37. The van der Waals surface area contributed by atoms with Gasteiger partial charge in [0.1, 0.15) is 6.04 Å². The number of nitrogens with one attached hydrogen (secondary N) is 1. The van der Waals surface area contributed by atoms with Gasteiger partial charge in [0.05, 0.1) is 10.7 Å². The molecule has 0 aliphatic rings. The van der Waals surface area contributed by atoms with Crippen LogP contribution < -0.4 is 11.1 Å². The number of aliphatic carboxylic acids is 1. The van der Waals surface area contributed by atoms with Crippen molar-refractivity contribution in [3.05, 3.63) is 28.8 Å². The number of hydrogen-bond acceptors (Lipinski definition) is 3. The molecule has 1 rings (SSSR count). The highest BCUT2D eigenvalue weighted by Gasteiger charge is 2.15. The summed E-state index contributed by atoms with van der Waals surface area (Å²) in [7, 11) is 0. The smallest absolute Gasteiger partial charge is 0.325 e. The molecule has 0 radical (unpaired) electrons. The number of carboxylic acids is 1. The average Bonchev–Trinajstić information content (AvgIpc) is 2.21. The number of amides is 1. The summed E-state index contributed by atoms with van der Waals surface area (Å²) in [5.74, 6) is -1.60. The van der Waals surface area contributed by atoms with E-state index in [9.17, 15) is 9.59 Å². The molecule has 0 saturated carbocycles. The Kier molecular flexibility index (Phi) is 3.73. The van der Waals surface area contributed by atoms with Crippen LogP contribution in [0.15, 0.2) is 18.2 Å². The summed E-state index contributed by atoms with van der Waals surface area (Å²) in [5.41, 5.74) is 6.12. The molecule has 1 unspecified atom stereocenters. The fourth-order valence-corrected chi connectivity index (χ4v) is 1.19. The molecule has 0 fully saturated rings. The normalized spacial score (nSPS) is 11.9. The van der Waals surface area contributed by atoms with Crippen molar-refractivity contribution in [1.82, 2.24) is 5.32 Å². The number of carbonyl (C=O) groups excluding carboxylic acids is 1. The molecule has 0 heterocycles. The molecular formula is C10H11ClN2O3. The first-order valence-corrected chi connectivity index (χ1v) is 4.88. The number of halogens is 1. The Hall–Kier alpha value is -1.75. The maximum Gasteiger partial charge on any atom is 0.325 e. The second kappa shape index (κ2) is 4.85. The van der Waals surface area contributed by atoms with Gasteiger partial charge in [-0.05, 0) is 25.1 Å². The van der Waals surface area contributed by atoms with Crippen molar-refractivity contribution < 1.29 is 14.7 Å². The van der Waals surface area contributed by atoms with Crippen LogP contribution in [-0.4, -0.2) is 23.0 Å². The largest absolute Gasteiger partial charge is 0.480 e. The Morgan fingerprint density at radius 2 is 2.12 bits per heavy atom. The van der Waals surface area contributed by atoms with Crippen LogP contribution in [0.4, 0.5) is 5.69 Å². The molecule has 0 bridgehead atoms. The lowest BCUT2D eigenvalue weighted by molar-refractivity contribution is -0.138. The van der Waals surface area contributed by atoms with Crippen molar-refractivity contribution in [2.45, 2.75) is 13.0 Å². The van der Waals surface area contributed by atoms with Crippen molar-refractivity contribution in [2.75, 3.05) is 5.73 Å². The highest BCUT2D eigenvalue weighted by molar-refractivity contribution is 6.33. The minimum atomic E-state index is -1.10. The fraction of sp³-hybridized carbons (Fsp3) is 0.200. The third-order valence-corrected chi connectivity index (χ3v) is 2.31. The van der Waals surface area contributed by atoms with Crippen LogP contribution in [0.3, 0.4) is 0 Å². The molecule has 6 heteroatoms. The maximum atomic E-state index is 11.5. The van der Waals surface area contributed by atoms with E-state index in [4.69, 9.17) is 22.4 Å². The van der Waals surface area contributed by atoms with E-state index in [-0.39, 0.29) is 10.6 Å². The molecular weight excluding hydrogens is 232 g/mol. The van der Waals surface area contributed by atoms with Gasteiger partial charge in [-0.3, -0.25) is 9.59 Å². The average molecular weight is 243 g/mol. The third-order valence-electron chi connectivity index (χ3n) is 1.98. The van der Waals surface area contributed by atoms with Gasteiger partial charge in [-0.1, -0.05) is 11.6 Å². The molecule has 1 aromatic carbocycles. The molecule has 16 heavy (non-hydrogen) atoms. The van der Waals surface area contributed by atoms with Gasteiger partial charge in [0, 0.05) is 5.56 Å². The summed E-state index contributed by atoms with van der Waals surface area (Å²) in [5, 5.41) is 11.2. The van der Waals surface area contributed by atoms with Gasteiger partial charge in [0.25, 0.3) is 5.91 Å². The van der Waals surface area contributed by atoms with Crippen molar-refractivity contribution in [3.8, 4) is 0 Å². The predicted octanol–water partition coefficient (Wildman–Crippen LogP) is 1.13. The molecule has 1 amide bonds. The summed E-state index contributed by atoms with van der Waals surface area (Å²) in [4.78, 5) is 22.1. The van der Waals surface area contributed by atoms with Crippen LogP contribution in [0.2, 0.25) is 5.02 Å². The zero-order valence-electron chi connectivity index (χ0n) is 8.53. The van der Waals surface area contributed by atoms with Crippen molar-refractivity contribution >= 4 is 29.2 Å². The lowest BCUT2D eigenvalue weighted by Gasteiger charge is -2.09. The number of carbonyl (C=O) groups is 2. The van der Waals surface area contributed by atoms with Crippen molar-refractivity contribution in [1.29, 1.82) is 0 Å². The standard InChI is InChI=1S/C10H11ClN2O3/c1-5(10(15)16)13-9(14)6-2-3-8(12)7(11)4-6/h2-5H,12H2,1H3,(H,13,14)(H,15,16). The number of rotatable bonds is 3. The Balaban J connectivity index is 2.81. The first-order valence-electron chi connectivity index (χ1n) is 4.50. The number of benzene rings is 1. The quantitative estimate of drug-likeness (QED) is 0.693. The van der Waals surface area contributed by atoms with Gasteiger partial charge in [-0.2, -0.15) is 0 Å². The molecule has 0 aromatic heterocycles. The second-order valence-electron chi connectivity index (χ2n) is 3.27. The van der Waals surface area contributed by atoms with E-state index in [1.807, 2.05) is 0 Å². The van der Waals surface area contributed by atoms with E-state index in [0.29, 0.717) is 5.69 Å². The highest BCUT2D eigenvalue weighted by Crippen LogP contribution is 2.19. The van der Waals surface area contributed by atoms with Crippen LogP contribution in [0, 0.1) is 0 Å². The topological polar surface area (TPSA) is 92.4 Å². The summed E-state index contributed by atoms with van der Waals surface area (Å²) >= 11 is 5.74. The molecule has 1 aromatic rings. The van der Waals surface area contributed by atoms with Gasteiger partial charge < -0.3 is 16.2 Å². The van der Waals surface area contributed by atoms with Crippen LogP contribution >= 0.6 is 11.6 Å². The second-order valence-corrected chi connectivity index (χ2v) is 3.68. The Labute approximate surface area is 97.2 Å². The van der Waals surface area contributed by atoms with Crippen molar-refractivity contribution in [2.24, 2.45) is 0 Å². The van der Waals surface area contributed by atoms with Gasteiger partial charge in [0.2, 0.25) is 0 Å². The number of carboxylic acid groups (broad SMARTS) is 1. The maximum absolute atomic E-state index is 11.5. The lowest BCUT2D eigenvalue weighted by atomic mass is 10.2. The highest BCUT2D eigenvalue weighted by atomic mass is 35.5. The summed E-state index contributed by atoms with van der Waals surface area (Å²) < 4.78 is 0. The zero-order chi connectivity index (χ0) is 12.3. The number of nitrogen functional groups attached to an aromatic ring is 1. The number of hydrogen-bond donors (Lipinski definition) is 3. The van der Waals surface area contributed by atoms with E-state index >= 15 is 0 Å². The Morgan fingerprint density at radius 3 is 2.62 bits per heavy atom. The molecule has 0 spiro atoms. The van der Waals surface area contributed by atoms with Crippen LogP contribution in [0.1, 0.15) is 17.3 Å². The molecule has 0 aliphatic heterocycles. The Morgan fingerprint density at radius 1 is 1.50 bits per heavy atom. The van der Waals surface area contributed by atoms with E-state index in [0.717, 1.165) is 0 Å². The fourth-order valence-electron chi connectivity index (χ4n) is 1.01. The van der Waals surface area contributed by atoms with Crippen LogP contribution in [-0.2, 0) is 4.79 Å². The number of nitrogens with two attached hydrogens (primary N) is 1. The monoisotopic (exact) mass is 242 g/mol. The Bertz CT molecular complexity index is 434. The minimum Gasteiger partial charge on any atom is -0.480 e. The molecule has 1 atom stereocenters. The first-order chi connectivity index (χ1) is 7.41. The third kappa shape index (κ3) is 2.87. The van der Waals surface area contributed by atoms with E-state index in [2.05, 4.69) is 5.32 Å². The van der Waals surface area contributed by atoms with Gasteiger partial charge in [-0.25, -0.2) is 0 Å². The number of anilines is 1. The molecule has 0 aliphatic carbocycles. The summed E-state index contributed by atoms with van der Waals surface area (Å²) in [6, 6.07) is 3.40. The SMILES string of the molecule is CC(NC(=O)c1ccc(N)c(Cl)c1)C(=O)O. The van der Waals surface area contributed by atoms with Gasteiger partial charge in [0.15, 0.2) is 0 Å². The van der Waals surface area contributed by atoms with Gasteiger partial charge in [-0.15, -0.1) is 0 Å². The summed E-state index contributed by atoms with van der Waals surface area (Å²) in [6.07, 6.45) is 0. The zero-order valence-corrected chi connectivity index (χ0v) is 9.28. The minimum absolute atomic E-state index is 0.260. The van der Waals surface area contributed by atoms with Crippen LogP contribution in [0.5, 0.6) is 0 Å². The molecule has 5 nitrogen and oxygen atoms in total. The molecule has 0 saturated heterocycles.